The smallest absolute Gasteiger partial charge is 0.305 e. The number of hydrogen-bond donors (Lipinski definition) is 1. The molecule has 0 aliphatic carbocycles. The van der Waals surface area contributed by atoms with E-state index in [1.165, 1.54) is 7.11 Å². The monoisotopic (exact) mass is 775 g/mol. The SMILES string of the molecule is CCOc1cccc(C(OCC2(C)CN(C(=O)CCCCCCCCC(=O)OC)CC2(C)CO)(c2ccccc2)c2cccc(OCC)c2OCC)c1OCC. The summed E-state index contributed by atoms with van der Waals surface area (Å²) in [4.78, 5) is 27.1. The van der Waals surface area contributed by atoms with Gasteiger partial charge < -0.3 is 38.4 Å². The molecule has 1 fully saturated rings. The molecule has 56 heavy (non-hydrogen) atoms. The zero-order valence-electron chi connectivity index (χ0n) is 34.8. The van der Waals surface area contributed by atoms with Gasteiger partial charge in [0.25, 0.3) is 0 Å². The Morgan fingerprint density at radius 2 is 1.16 bits per heavy atom. The van der Waals surface area contributed by atoms with E-state index in [1.807, 2.05) is 106 Å². The molecule has 0 bridgehead atoms. The number of para-hydroxylation sites is 2. The second-order valence-electron chi connectivity index (χ2n) is 15.1. The van der Waals surface area contributed by atoms with E-state index in [0.717, 1.165) is 55.2 Å². The first-order valence-electron chi connectivity index (χ1n) is 20.5. The minimum Gasteiger partial charge on any atom is -0.490 e. The summed E-state index contributed by atoms with van der Waals surface area (Å²) in [7, 11) is 1.42. The molecule has 1 aliphatic heterocycles. The fourth-order valence-electron chi connectivity index (χ4n) is 7.78. The third-order valence-electron chi connectivity index (χ3n) is 11.2. The van der Waals surface area contributed by atoms with E-state index in [-0.39, 0.29) is 25.1 Å². The maximum Gasteiger partial charge on any atom is 0.305 e. The minimum absolute atomic E-state index is 0.0829. The molecule has 1 N–H and O–H groups in total. The Labute approximate surface area is 334 Å². The summed E-state index contributed by atoms with van der Waals surface area (Å²) in [5, 5.41) is 11.0. The van der Waals surface area contributed by atoms with Gasteiger partial charge in [-0.05, 0) is 58.2 Å². The van der Waals surface area contributed by atoms with Crippen molar-refractivity contribution in [3.05, 3.63) is 83.4 Å². The van der Waals surface area contributed by atoms with Gasteiger partial charge in [-0.3, -0.25) is 9.59 Å². The van der Waals surface area contributed by atoms with E-state index >= 15 is 0 Å². The first-order valence-corrected chi connectivity index (χ1v) is 20.5. The van der Waals surface area contributed by atoms with Crippen molar-refractivity contribution < 1.29 is 43.1 Å². The van der Waals surface area contributed by atoms with E-state index in [2.05, 4.69) is 6.92 Å². The topological polar surface area (TPSA) is 113 Å². The van der Waals surface area contributed by atoms with Crippen molar-refractivity contribution in [2.24, 2.45) is 10.8 Å². The lowest BCUT2D eigenvalue weighted by Gasteiger charge is -2.43. The molecule has 0 radical (unpaired) electrons. The highest BCUT2D eigenvalue weighted by Crippen LogP contribution is 2.54. The number of aliphatic hydroxyl groups excluding tert-OH is 1. The predicted octanol–water partition coefficient (Wildman–Crippen LogP) is 8.73. The number of carbonyl (C=O) groups excluding carboxylic acids is 2. The van der Waals surface area contributed by atoms with E-state index < -0.39 is 16.4 Å². The Hall–Kier alpha value is -4.28. The number of carbonyl (C=O) groups is 2. The predicted molar refractivity (Wildman–Crippen MR) is 219 cm³/mol. The Kier molecular flexibility index (Phi) is 16.9. The van der Waals surface area contributed by atoms with Gasteiger partial charge in [0.1, 0.15) is 0 Å². The van der Waals surface area contributed by atoms with Crippen LogP contribution in [0.5, 0.6) is 23.0 Å². The molecule has 0 saturated carbocycles. The number of hydrogen-bond acceptors (Lipinski definition) is 9. The molecular weight excluding hydrogens is 711 g/mol. The van der Waals surface area contributed by atoms with Crippen LogP contribution in [-0.2, 0) is 24.7 Å². The molecule has 308 valence electrons. The lowest BCUT2D eigenvalue weighted by atomic mass is 9.68. The van der Waals surface area contributed by atoms with Gasteiger partial charge in [0, 0.05) is 47.9 Å². The normalized spacial score (nSPS) is 18.1. The third kappa shape index (κ3) is 10.2. The van der Waals surface area contributed by atoms with Gasteiger partial charge in [-0.25, -0.2) is 0 Å². The van der Waals surface area contributed by atoms with Crippen LogP contribution in [0, 0.1) is 10.8 Å². The van der Waals surface area contributed by atoms with Gasteiger partial charge >= 0.3 is 5.97 Å². The van der Waals surface area contributed by atoms with Crippen LogP contribution in [0.3, 0.4) is 0 Å². The molecule has 0 spiro atoms. The average Bonchev–Trinajstić information content (AvgIpc) is 3.48. The first kappa shape index (κ1) is 44.4. The molecule has 10 nitrogen and oxygen atoms in total. The number of rotatable bonds is 24. The van der Waals surface area contributed by atoms with Crippen molar-refractivity contribution in [1.29, 1.82) is 0 Å². The molecule has 1 heterocycles. The molecule has 10 heteroatoms. The summed E-state index contributed by atoms with van der Waals surface area (Å²) in [6.45, 7) is 14.5. The molecule has 4 rings (SSSR count). The number of amides is 1. The highest BCUT2D eigenvalue weighted by Gasteiger charge is 2.55. The van der Waals surface area contributed by atoms with Gasteiger partial charge in [0.05, 0.1) is 46.8 Å². The number of benzene rings is 3. The summed E-state index contributed by atoms with van der Waals surface area (Å²) in [6, 6.07) is 21.8. The molecule has 3 aromatic carbocycles. The summed E-state index contributed by atoms with van der Waals surface area (Å²) in [6.07, 6.45) is 6.45. The van der Waals surface area contributed by atoms with E-state index in [4.69, 9.17) is 28.4 Å². The number of nitrogens with zero attached hydrogens (tertiary/aromatic N) is 1. The number of methoxy groups -OCH3 is 1. The maximum atomic E-state index is 13.8. The molecule has 1 aliphatic rings. The van der Waals surface area contributed by atoms with Crippen LogP contribution in [0.4, 0.5) is 0 Å². The number of esters is 1. The van der Waals surface area contributed by atoms with Gasteiger partial charge in [0.2, 0.25) is 5.91 Å². The van der Waals surface area contributed by atoms with Crippen molar-refractivity contribution >= 4 is 11.9 Å². The van der Waals surface area contributed by atoms with Crippen molar-refractivity contribution in [3.63, 3.8) is 0 Å². The summed E-state index contributed by atoms with van der Waals surface area (Å²) in [5.41, 5.74) is -0.312. The molecule has 2 unspecified atom stereocenters. The van der Waals surface area contributed by atoms with Crippen LogP contribution >= 0.6 is 0 Å². The zero-order valence-corrected chi connectivity index (χ0v) is 34.8. The lowest BCUT2D eigenvalue weighted by molar-refractivity contribution is -0.140. The van der Waals surface area contributed by atoms with Crippen molar-refractivity contribution in [1.82, 2.24) is 4.90 Å². The quantitative estimate of drug-likeness (QED) is 0.0543. The summed E-state index contributed by atoms with van der Waals surface area (Å²) < 4.78 is 37.5. The van der Waals surface area contributed by atoms with Crippen LogP contribution in [0.25, 0.3) is 0 Å². The standard InChI is InChI=1S/C46H65NO9/c1-8-52-38-27-21-25-36(42(38)54-10-3)46(35-23-17-16-18-24-35,37-26-22-28-39(53-9-2)43(37)55-11-4)56-34-45(6)32-47(31-44(45,5)33-48)40(49)29-19-14-12-13-15-20-30-41(50)51-7/h16-18,21-28,48H,8-15,19-20,29-34H2,1-7H3. The second-order valence-corrected chi connectivity index (χ2v) is 15.1. The van der Waals surface area contributed by atoms with Crippen LogP contribution in [0.15, 0.2) is 66.7 Å². The largest absolute Gasteiger partial charge is 0.490 e. The first-order chi connectivity index (χ1) is 27.1. The minimum atomic E-state index is -1.32. The van der Waals surface area contributed by atoms with Gasteiger partial charge in [-0.2, -0.15) is 0 Å². The highest BCUT2D eigenvalue weighted by atomic mass is 16.5. The molecule has 2 atom stereocenters. The Balaban J connectivity index is 1.75. The van der Waals surface area contributed by atoms with Crippen LogP contribution in [-0.4, -0.2) is 81.7 Å². The van der Waals surface area contributed by atoms with Gasteiger partial charge in [-0.1, -0.05) is 94.1 Å². The van der Waals surface area contributed by atoms with Gasteiger partial charge in [0.15, 0.2) is 28.6 Å². The van der Waals surface area contributed by atoms with Crippen molar-refractivity contribution in [3.8, 4) is 23.0 Å². The van der Waals surface area contributed by atoms with E-state index in [1.54, 1.807) is 0 Å². The summed E-state index contributed by atoms with van der Waals surface area (Å²) >= 11 is 0. The highest BCUT2D eigenvalue weighted by molar-refractivity contribution is 5.76. The molecular formula is C46H65NO9. The zero-order chi connectivity index (χ0) is 40.6. The van der Waals surface area contributed by atoms with E-state index in [0.29, 0.717) is 75.4 Å². The Morgan fingerprint density at radius 3 is 1.66 bits per heavy atom. The van der Waals surface area contributed by atoms with Crippen LogP contribution < -0.4 is 18.9 Å². The Bertz CT molecular complexity index is 1620. The average molecular weight is 776 g/mol. The molecule has 1 saturated heterocycles. The van der Waals surface area contributed by atoms with E-state index in [9.17, 15) is 14.7 Å². The molecule has 1 amide bonds. The number of likely N-dealkylation sites (tertiary alicyclic amines) is 1. The van der Waals surface area contributed by atoms with Crippen LogP contribution in [0.1, 0.15) is 110 Å². The summed E-state index contributed by atoms with van der Waals surface area (Å²) in [5.74, 6) is 2.23. The fraction of sp³-hybridized carbons (Fsp3) is 0.565. The Morgan fingerprint density at radius 1 is 0.661 bits per heavy atom. The molecule has 0 aromatic heterocycles. The van der Waals surface area contributed by atoms with Gasteiger partial charge in [-0.15, -0.1) is 0 Å². The van der Waals surface area contributed by atoms with Crippen LogP contribution in [0.2, 0.25) is 0 Å². The number of unbranched alkanes of at least 4 members (excludes halogenated alkanes) is 5. The van der Waals surface area contributed by atoms with Crippen molar-refractivity contribution in [2.45, 2.75) is 98.5 Å². The lowest BCUT2D eigenvalue weighted by Crippen LogP contribution is -2.46. The fourth-order valence-corrected chi connectivity index (χ4v) is 7.78. The number of aliphatic hydroxyl groups is 1. The third-order valence-corrected chi connectivity index (χ3v) is 11.2. The molecule has 3 aromatic rings. The van der Waals surface area contributed by atoms with Crippen molar-refractivity contribution in [2.75, 3.05) is 59.8 Å². The number of ether oxygens (including phenoxy) is 6. The maximum absolute atomic E-state index is 13.8. The second kappa shape index (κ2) is 21.3.